The van der Waals surface area contributed by atoms with Gasteiger partial charge in [0, 0.05) is 11.6 Å². The van der Waals surface area contributed by atoms with Gasteiger partial charge in [0.05, 0.1) is 11.8 Å². The molecule has 142 valence electrons. The van der Waals surface area contributed by atoms with E-state index in [0.29, 0.717) is 0 Å². The maximum atomic E-state index is 13.7. The molecule has 1 saturated heterocycles. The van der Waals surface area contributed by atoms with Gasteiger partial charge in [-0.2, -0.15) is 0 Å². The first kappa shape index (κ1) is 17.8. The average molecular weight is 374 g/mol. The number of benzene rings is 1. The van der Waals surface area contributed by atoms with Gasteiger partial charge in [0.2, 0.25) is 17.7 Å². The summed E-state index contributed by atoms with van der Waals surface area (Å²) in [5.74, 6) is -2.93. The number of halogens is 2. The van der Waals surface area contributed by atoms with Gasteiger partial charge in [-0.05, 0) is 43.7 Å². The molecule has 2 fully saturated rings. The normalized spacial score (nSPS) is 29.4. The predicted octanol–water partition coefficient (Wildman–Crippen LogP) is 1.82. The standard InChI is InChI=1S/C20H20F2N2O3/c1-10(7-13-14(21)3-2-4-15(13)22)23-16(25)9-24-19(26)17-11-5-6-12(8-11)18(17)20(24)27/h2-6,10-12,17-18H,7-9H2,1H3,(H,23,25)/t10-,11+,12+,17-,18-/m1/s1. The minimum absolute atomic E-state index is 0.0224. The monoisotopic (exact) mass is 374 g/mol. The first-order valence-corrected chi connectivity index (χ1v) is 9.12. The van der Waals surface area contributed by atoms with Gasteiger partial charge >= 0.3 is 0 Å². The number of imide groups is 1. The Morgan fingerprint density at radius 2 is 1.70 bits per heavy atom. The van der Waals surface area contributed by atoms with Gasteiger partial charge in [0.25, 0.3) is 0 Å². The molecule has 27 heavy (non-hydrogen) atoms. The van der Waals surface area contributed by atoms with Crippen LogP contribution in [0.25, 0.3) is 0 Å². The maximum absolute atomic E-state index is 13.7. The van der Waals surface area contributed by atoms with Gasteiger partial charge < -0.3 is 5.32 Å². The third-order valence-corrected chi connectivity index (χ3v) is 5.84. The highest BCUT2D eigenvalue weighted by Crippen LogP contribution is 2.52. The van der Waals surface area contributed by atoms with E-state index < -0.39 is 23.6 Å². The van der Waals surface area contributed by atoms with Gasteiger partial charge in [-0.3, -0.25) is 19.3 Å². The smallest absolute Gasteiger partial charge is 0.240 e. The van der Waals surface area contributed by atoms with E-state index in [1.165, 1.54) is 6.07 Å². The van der Waals surface area contributed by atoms with Crippen LogP contribution in [0.3, 0.4) is 0 Å². The molecule has 0 aromatic heterocycles. The SMILES string of the molecule is C[C@H](Cc1c(F)cccc1F)NC(=O)CN1C(=O)[C@H]2[C@H](C1=O)[C@H]1C=C[C@H]2C1. The van der Waals surface area contributed by atoms with Crippen molar-refractivity contribution in [2.24, 2.45) is 23.7 Å². The number of allylic oxidation sites excluding steroid dienone is 2. The third kappa shape index (κ3) is 2.95. The second kappa shape index (κ2) is 6.55. The molecule has 5 nitrogen and oxygen atoms in total. The fraction of sp³-hybridized carbons (Fsp3) is 0.450. The number of amides is 3. The summed E-state index contributed by atoms with van der Waals surface area (Å²) in [7, 11) is 0. The molecule has 4 rings (SSSR count). The molecule has 0 radical (unpaired) electrons. The number of carbonyl (C=O) groups excluding carboxylic acids is 3. The van der Waals surface area contributed by atoms with Crippen LogP contribution in [0.15, 0.2) is 30.4 Å². The van der Waals surface area contributed by atoms with E-state index in [9.17, 15) is 23.2 Å². The summed E-state index contributed by atoms with van der Waals surface area (Å²) in [5, 5.41) is 2.62. The van der Waals surface area contributed by atoms with Crippen LogP contribution in [-0.4, -0.2) is 35.2 Å². The molecular formula is C20H20F2N2O3. The van der Waals surface area contributed by atoms with Crippen LogP contribution in [0, 0.1) is 35.3 Å². The molecule has 1 saturated carbocycles. The lowest BCUT2D eigenvalue weighted by Gasteiger charge is -2.19. The summed E-state index contributed by atoms with van der Waals surface area (Å²) in [6, 6.07) is 3.06. The van der Waals surface area contributed by atoms with Crippen molar-refractivity contribution in [2.75, 3.05) is 6.54 Å². The summed E-state index contributed by atoms with van der Waals surface area (Å²) in [6.45, 7) is 1.27. The Morgan fingerprint density at radius 3 is 2.26 bits per heavy atom. The predicted molar refractivity (Wildman–Crippen MR) is 92.1 cm³/mol. The van der Waals surface area contributed by atoms with Gasteiger partial charge in [0.15, 0.2) is 0 Å². The maximum Gasteiger partial charge on any atom is 0.240 e. The van der Waals surface area contributed by atoms with Crippen LogP contribution in [-0.2, 0) is 20.8 Å². The molecule has 3 amide bonds. The lowest BCUT2D eigenvalue weighted by atomic mass is 9.85. The fourth-order valence-electron chi connectivity index (χ4n) is 4.67. The number of nitrogens with one attached hydrogen (secondary N) is 1. The summed E-state index contributed by atoms with van der Waals surface area (Å²) in [6.07, 6.45) is 4.79. The van der Waals surface area contributed by atoms with Gasteiger partial charge in [-0.25, -0.2) is 8.78 Å². The third-order valence-electron chi connectivity index (χ3n) is 5.84. The zero-order valence-electron chi connectivity index (χ0n) is 14.8. The van der Waals surface area contributed by atoms with E-state index in [-0.39, 0.29) is 54.0 Å². The van der Waals surface area contributed by atoms with E-state index in [2.05, 4.69) is 5.32 Å². The lowest BCUT2D eigenvalue weighted by Crippen LogP contribution is -2.44. The van der Waals surface area contributed by atoms with Crippen LogP contribution in [0.1, 0.15) is 18.9 Å². The first-order chi connectivity index (χ1) is 12.9. The van der Waals surface area contributed by atoms with Crippen LogP contribution >= 0.6 is 0 Å². The number of hydrogen-bond donors (Lipinski definition) is 1. The second-order valence-electron chi connectivity index (χ2n) is 7.64. The molecule has 7 heteroatoms. The van der Waals surface area contributed by atoms with Crippen molar-refractivity contribution < 1.29 is 23.2 Å². The minimum atomic E-state index is -0.670. The average Bonchev–Trinajstić information content (AvgIpc) is 3.28. The Morgan fingerprint density at radius 1 is 1.15 bits per heavy atom. The summed E-state index contributed by atoms with van der Waals surface area (Å²) < 4.78 is 27.5. The zero-order valence-corrected chi connectivity index (χ0v) is 14.8. The number of rotatable bonds is 5. The summed E-state index contributed by atoms with van der Waals surface area (Å²) in [4.78, 5) is 38.5. The molecule has 2 aliphatic carbocycles. The first-order valence-electron chi connectivity index (χ1n) is 9.12. The van der Waals surface area contributed by atoms with E-state index >= 15 is 0 Å². The fourth-order valence-corrected chi connectivity index (χ4v) is 4.67. The summed E-state index contributed by atoms with van der Waals surface area (Å²) in [5.41, 5.74) is -0.101. The molecule has 1 aliphatic heterocycles. The highest BCUT2D eigenvalue weighted by molar-refractivity contribution is 6.08. The van der Waals surface area contributed by atoms with E-state index in [4.69, 9.17) is 0 Å². The zero-order chi connectivity index (χ0) is 19.3. The largest absolute Gasteiger partial charge is 0.352 e. The Balaban J connectivity index is 1.37. The second-order valence-corrected chi connectivity index (χ2v) is 7.64. The molecule has 1 heterocycles. The van der Waals surface area contributed by atoms with Crippen LogP contribution in [0.2, 0.25) is 0 Å². The van der Waals surface area contributed by atoms with Crippen molar-refractivity contribution in [2.45, 2.75) is 25.8 Å². The van der Waals surface area contributed by atoms with Gasteiger partial charge in [-0.1, -0.05) is 18.2 Å². The number of carbonyl (C=O) groups is 3. The molecule has 1 aromatic carbocycles. The van der Waals surface area contributed by atoms with Crippen LogP contribution in [0.4, 0.5) is 8.78 Å². The number of fused-ring (bicyclic) bond motifs is 5. The Hall–Kier alpha value is -2.57. The van der Waals surface area contributed by atoms with Crippen LogP contribution in [0.5, 0.6) is 0 Å². The Labute approximate surface area is 155 Å². The quantitative estimate of drug-likeness (QED) is 0.632. The minimum Gasteiger partial charge on any atom is -0.352 e. The molecular weight excluding hydrogens is 354 g/mol. The Bertz CT molecular complexity index is 803. The molecule has 1 N–H and O–H groups in total. The van der Waals surface area contributed by atoms with E-state index in [1.54, 1.807) is 6.92 Å². The van der Waals surface area contributed by atoms with Gasteiger partial charge in [-0.15, -0.1) is 0 Å². The van der Waals surface area contributed by atoms with Crippen molar-refractivity contribution in [3.05, 3.63) is 47.5 Å². The highest BCUT2D eigenvalue weighted by atomic mass is 19.1. The number of hydrogen-bond acceptors (Lipinski definition) is 3. The lowest BCUT2D eigenvalue weighted by molar-refractivity contribution is -0.144. The number of nitrogens with zero attached hydrogens (tertiary/aromatic N) is 1. The molecule has 0 spiro atoms. The summed E-state index contributed by atoms with van der Waals surface area (Å²) >= 11 is 0. The van der Waals surface area contributed by atoms with Crippen LogP contribution < -0.4 is 5.32 Å². The van der Waals surface area contributed by atoms with E-state index in [1.807, 2.05) is 12.2 Å². The molecule has 3 aliphatic rings. The molecule has 5 atom stereocenters. The highest BCUT2D eigenvalue weighted by Gasteiger charge is 2.59. The molecule has 0 unspecified atom stereocenters. The van der Waals surface area contributed by atoms with Gasteiger partial charge in [0.1, 0.15) is 18.2 Å². The Kier molecular flexibility index (Phi) is 4.32. The molecule has 2 bridgehead atoms. The van der Waals surface area contributed by atoms with Crippen molar-refractivity contribution in [3.8, 4) is 0 Å². The topological polar surface area (TPSA) is 66.5 Å². The van der Waals surface area contributed by atoms with Crippen molar-refractivity contribution in [1.82, 2.24) is 10.2 Å². The molecule has 1 aromatic rings. The van der Waals surface area contributed by atoms with Crippen molar-refractivity contribution in [3.63, 3.8) is 0 Å². The van der Waals surface area contributed by atoms with E-state index in [0.717, 1.165) is 23.5 Å². The van der Waals surface area contributed by atoms with Crippen molar-refractivity contribution in [1.29, 1.82) is 0 Å². The number of likely N-dealkylation sites (tertiary alicyclic amines) is 1. The van der Waals surface area contributed by atoms with Crippen molar-refractivity contribution >= 4 is 17.7 Å².